The van der Waals surface area contributed by atoms with Crippen molar-refractivity contribution in [3.05, 3.63) is 59.2 Å². The summed E-state index contributed by atoms with van der Waals surface area (Å²) in [6, 6.07) is 13.0. The third kappa shape index (κ3) is 5.51. The van der Waals surface area contributed by atoms with Crippen molar-refractivity contribution in [1.29, 1.82) is 0 Å². The Balaban J connectivity index is 1.78. The highest BCUT2D eigenvalue weighted by molar-refractivity contribution is 5.85. The van der Waals surface area contributed by atoms with Crippen LogP contribution in [-0.2, 0) is 9.59 Å². The highest BCUT2D eigenvalue weighted by atomic mass is 16.5. The first-order valence-corrected chi connectivity index (χ1v) is 8.38. The number of rotatable bonds is 6. The molecule has 0 aliphatic rings. The smallest absolute Gasteiger partial charge is 0.279 e. The van der Waals surface area contributed by atoms with Crippen LogP contribution >= 0.6 is 0 Å². The number of hydrogen-bond donors (Lipinski definition) is 2. The van der Waals surface area contributed by atoms with Crippen molar-refractivity contribution in [1.82, 2.24) is 10.9 Å². The highest BCUT2D eigenvalue weighted by Gasteiger charge is 2.16. The van der Waals surface area contributed by atoms with E-state index in [2.05, 4.69) is 10.9 Å². The van der Waals surface area contributed by atoms with Crippen LogP contribution in [0.3, 0.4) is 0 Å². The predicted octanol–water partition coefficient (Wildman–Crippen LogP) is 2.61. The van der Waals surface area contributed by atoms with E-state index in [-0.39, 0.29) is 6.61 Å². The average Bonchev–Trinajstić information content (AvgIpc) is 2.61. The van der Waals surface area contributed by atoms with Crippen LogP contribution in [0, 0.1) is 20.8 Å². The van der Waals surface area contributed by atoms with Gasteiger partial charge in [-0.25, -0.2) is 0 Å². The molecule has 0 aliphatic heterocycles. The standard InChI is InChI=1S/C20H24N2O4/c1-13-7-5-9-17(11-13)25-12-19(23)21-22-20(24)16(4)26-18-10-6-8-14(2)15(18)3/h5-11,16H,12H2,1-4H3,(H,21,23)(H,22,24)/t16-/m0/s1. The average molecular weight is 356 g/mol. The first-order chi connectivity index (χ1) is 12.4. The fraction of sp³-hybridized carbons (Fsp3) is 0.300. The molecule has 2 aromatic carbocycles. The van der Waals surface area contributed by atoms with Gasteiger partial charge in [0.05, 0.1) is 0 Å². The maximum absolute atomic E-state index is 12.1. The molecule has 2 rings (SSSR count). The van der Waals surface area contributed by atoms with Gasteiger partial charge in [0.25, 0.3) is 11.8 Å². The highest BCUT2D eigenvalue weighted by Crippen LogP contribution is 2.21. The van der Waals surface area contributed by atoms with Crippen molar-refractivity contribution in [3.8, 4) is 11.5 Å². The second-order valence-corrected chi connectivity index (χ2v) is 6.10. The van der Waals surface area contributed by atoms with Crippen LogP contribution in [0.15, 0.2) is 42.5 Å². The maximum Gasteiger partial charge on any atom is 0.279 e. The summed E-state index contributed by atoms with van der Waals surface area (Å²) >= 11 is 0. The predicted molar refractivity (Wildman–Crippen MR) is 99.0 cm³/mol. The van der Waals surface area contributed by atoms with Gasteiger partial charge in [-0.3, -0.25) is 20.4 Å². The lowest BCUT2D eigenvalue weighted by molar-refractivity contribution is -0.133. The van der Waals surface area contributed by atoms with Gasteiger partial charge in [0.1, 0.15) is 11.5 Å². The minimum absolute atomic E-state index is 0.198. The van der Waals surface area contributed by atoms with Gasteiger partial charge in [0, 0.05) is 0 Å². The van der Waals surface area contributed by atoms with E-state index in [1.807, 2.05) is 51.1 Å². The summed E-state index contributed by atoms with van der Waals surface area (Å²) in [5.74, 6) is 0.327. The number of nitrogens with one attached hydrogen (secondary N) is 2. The normalized spacial score (nSPS) is 11.4. The third-order valence-corrected chi connectivity index (χ3v) is 3.91. The van der Waals surface area contributed by atoms with Crippen LogP contribution in [-0.4, -0.2) is 24.5 Å². The van der Waals surface area contributed by atoms with E-state index in [1.54, 1.807) is 19.1 Å². The number of carbonyl (C=O) groups excluding carboxylic acids is 2. The van der Waals surface area contributed by atoms with E-state index in [9.17, 15) is 9.59 Å². The molecule has 0 aliphatic carbocycles. The molecule has 0 radical (unpaired) electrons. The molecule has 0 unspecified atom stereocenters. The Morgan fingerprint density at radius 1 is 1.04 bits per heavy atom. The van der Waals surface area contributed by atoms with Crippen LogP contribution < -0.4 is 20.3 Å². The van der Waals surface area contributed by atoms with Crippen molar-refractivity contribution in [3.63, 3.8) is 0 Å². The molecule has 2 aromatic rings. The Morgan fingerprint density at radius 3 is 2.50 bits per heavy atom. The zero-order chi connectivity index (χ0) is 19.1. The van der Waals surface area contributed by atoms with Gasteiger partial charge in [-0.2, -0.15) is 0 Å². The van der Waals surface area contributed by atoms with Gasteiger partial charge in [0.15, 0.2) is 12.7 Å². The molecule has 0 spiro atoms. The zero-order valence-corrected chi connectivity index (χ0v) is 15.5. The Bertz CT molecular complexity index is 789. The molecular formula is C20H24N2O4. The molecule has 2 N–H and O–H groups in total. The topological polar surface area (TPSA) is 76.7 Å². The number of benzene rings is 2. The summed E-state index contributed by atoms with van der Waals surface area (Å²) in [4.78, 5) is 23.9. The van der Waals surface area contributed by atoms with Crippen molar-refractivity contribution in [2.24, 2.45) is 0 Å². The lowest BCUT2D eigenvalue weighted by Crippen LogP contribution is -2.48. The summed E-state index contributed by atoms with van der Waals surface area (Å²) in [5.41, 5.74) is 7.75. The van der Waals surface area contributed by atoms with Gasteiger partial charge in [-0.15, -0.1) is 0 Å². The van der Waals surface area contributed by atoms with Crippen molar-refractivity contribution >= 4 is 11.8 Å². The molecule has 6 nitrogen and oxygen atoms in total. The van der Waals surface area contributed by atoms with Crippen LogP contribution in [0.1, 0.15) is 23.6 Å². The first-order valence-electron chi connectivity index (χ1n) is 8.38. The summed E-state index contributed by atoms with van der Waals surface area (Å²) in [5, 5.41) is 0. The molecule has 0 saturated heterocycles. The van der Waals surface area contributed by atoms with Crippen LogP contribution in [0.2, 0.25) is 0 Å². The van der Waals surface area contributed by atoms with Gasteiger partial charge >= 0.3 is 0 Å². The van der Waals surface area contributed by atoms with Gasteiger partial charge in [0.2, 0.25) is 0 Å². The Labute approximate surface area is 153 Å². The molecule has 0 aromatic heterocycles. The summed E-state index contributed by atoms with van der Waals surface area (Å²) < 4.78 is 11.0. The number of aryl methyl sites for hydroxylation is 2. The van der Waals surface area contributed by atoms with Crippen LogP contribution in [0.4, 0.5) is 0 Å². The van der Waals surface area contributed by atoms with E-state index in [0.717, 1.165) is 16.7 Å². The molecular weight excluding hydrogens is 332 g/mol. The molecule has 6 heteroatoms. The Hall–Kier alpha value is -3.02. The minimum atomic E-state index is -0.756. The molecule has 26 heavy (non-hydrogen) atoms. The van der Waals surface area contributed by atoms with E-state index in [1.165, 1.54) is 0 Å². The van der Waals surface area contributed by atoms with E-state index >= 15 is 0 Å². The van der Waals surface area contributed by atoms with E-state index < -0.39 is 17.9 Å². The molecule has 1 atom stereocenters. The molecule has 0 heterocycles. The van der Waals surface area contributed by atoms with Crippen molar-refractivity contribution in [2.45, 2.75) is 33.8 Å². The largest absolute Gasteiger partial charge is 0.484 e. The SMILES string of the molecule is Cc1cccc(OCC(=O)NNC(=O)[C@H](C)Oc2cccc(C)c2C)c1. The molecule has 138 valence electrons. The quantitative estimate of drug-likeness (QED) is 0.780. The lowest BCUT2D eigenvalue weighted by Gasteiger charge is -2.17. The number of amides is 2. The summed E-state index contributed by atoms with van der Waals surface area (Å²) in [7, 11) is 0. The molecule has 0 fully saturated rings. The van der Waals surface area contributed by atoms with Crippen molar-refractivity contribution in [2.75, 3.05) is 6.61 Å². The fourth-order valence-corrected chi connectivity index (χ4v) is 2.22. The van der Waals surface area contributed by atoms with Gasteiger partial charge < -0.3 is 9.47 Å². The zero-order valence-electron chi connectivity index (χ0n) is 15.5. The lowest BCUT2D eigenvalue weighted by atomic mass is 10.1. The minimum Gasteiger partial charge on any atom is -0.484 e. The van der Waals surface area contributed by atoms with E-state index in [0.29, 0.717) is 11.5 Å². The number of hydrazine groups is 1. The number of ether oxygens (including phenoxy) is 2. The molecule has 0 bridgehead atoms. The first kappa shape index (κ1) is 19.3. The molecule has 2 amide bonds. The Kier molecular flexibility index (Phi) is 6.60. The maximum atomic E-state index is 12.1. The van der Waals surface area contributed by atoms with E-state index in [4.69, 9.17) is 9.47 Å². The third-order valence-electron chi connectivity index (χ3n) is 3.91. The summed E-state index contributed by atoms with van der Waals surface area (Å²) in [6.07, 6.45) is -0.756. The monoisotopic (exact) mass is 356 g/mol. The molecule has 0 saturated carbocycles. The van der Waals surface area contributed by atoms with Gasteiger partial charge in [-0.05, 0) is 62.6 Å². The second kappa shape index (κ2) is 8.89. The second-order valence-electron chi connectivity index (χ2n) is 6.10. The fourth-order valence-electron chi connectivity index (χ4n) is 2.22. The summed E-state index contributed by atoms with van der Waals surface area (Å²) in [6.45, 7) is 7.26. The number of carbonyl (C=O) groups is 2. The van der Waals surface area contributed by atoms with Gasteiger partial charge in [-0.1, -0.05) is 24.3 Å². The van der Waals surface area contributed by atoms with Crippen LogP contribution in [0.25, 0.3) is 0 Å². The van der Waals surface area contributed by atoms with Crippen molar-refractivity contribution < 1.29 is 19.1 Å². The Morgan fingerprint density at radius 2 is 1.77 bits per heavy atom. The number of hydrogen-bond acceptors (Lipinski definition) is 4. The van der Waals surface area contributed by atoms with Crippen LogP contribution in [0.5, 0.6) is 11.5 Å².